The number of methoxy groups -OCH3 is 1. The van der Waals surface area contributed by atoms with E-state index in [0.29, 0.717) is 5.56 Å². The highest BCUT2D eigenvalue weighted by molar-refractivity contribution is 5.40. The van der Waals surface area contributed by atoms with Crippen LogP contribution in [0.3, 0.4) is 0 Å². The molecule has 0 spiro atoms. The molecule has 0 aliphatic carbocycles. The van der Waals surface area contributed by atoms with Crippen molar-refractivity contribution in [2.24, 2.45) is 0 Å². The predicted molar refractivity (Wildman–Crippen MR) is 58.0 cm³/mol. The van der Waals surface area contributed by atoms with Crippen LogP contribution in [0, 0.1) is 0 Å². The Hall–Kier alpha value is -1.23. The minimum absolute atomic E-state index is 0.0296. The summed E-state index contributed by atoms with van der Waals surface area (Å²) in [7, 11) is 1.25. The van der Waals surface area contributed by atoms with Crippen LogP contribution in [0.1, 0.15) is 30.0 Å². The molecule has 0 saturated carbocycles. The molecule has 0 aromatic heterocycles. The lowest BCUT2D eigenvalue weighted by atomic mass is 10.0. The molecule has 5 heteroatoms. The van der Waals surface area contributed by atoms with Crippen LogP contribution in [0.5, 0.6) is 5.75 Å². The third-order valence-electron chi connectivity index (χ3n) is 2.99. The molecule has 2 rings (SSSR count). The first kappa shape index (κ1) is 12.2. The van der Waals surface area contributed by atoms with Gasteiger partial charge in [-0.15, -0.1) is 0 Å². The van der Waals surface area contributed by atoms with Gasteiger partial charge in [0.1, 0.15) is 5.75 Å². The van der Waals surface area contributed by atoms with E-state index in [4.69, 9.17) is 4.74 Å². The van der Waals surface area contributed by atoms with Crippen molar-refractivity contribution in [2.75, 3.05) is 13.7 Å². The quantitative estimate of drug-likeness (QED) is 0.864. The first-order valence-corrected chi connectivity index (χ1v) is 5.51. The van der Waals surface area contributed by atoms with Crippen LogP contribution in [0.15, 0.2) is 18.2 Å². The smallest absolute Gasteiger partial charge is 0.419 e. The molecule has 0 radical (unpaired) electrons. The van der Waals surface area contributed by atoms with E-state index in [-0.39, 0.29) is 11.8 Å². The van der Waals surface area contributed by atoms with Gasteiger partial charge in [0.25, 0.3) is 0 Å². The molecule has 2 nitrogen and oxygen atoms in total. The molecule has 1 aliphatic heterocycles. The van der Waals surface area contributed by atoms with Crippen molar-refractivity contribution in [3.05, 3.63) is 29.3 Å². The molecular weight excluding hydrogens is 231 g/mol. The number of hydrogen-bond acceptors (Lipinski definition) is 2. The predicted octanol–water partition coefficient (Wildman–Crippen LogP) is 3.14. The second-order valence-corrected chi connectivity index (χ2v) is 4.11. The highest BCUT2D eigenvalue weighted by Gasteiger charge is 2.35. The van der Waals surface area contributed by atoms with Gasteiger partial charge in [0, 0.05) is 6.04 Å². The van der Waals surface area contributed by atoms with E-state index < -0.39 is 11.7 Å². The van der Waals surface area contributed by atoms with E-state index in [1.54, 1.807) is 6.07 Å². The Kier molecular flexibility index (Phi) is 3.28. The average Bonchev–Trinajstić information content (AvgIpc) is 2.80. The normalized spacial score (nSPS) is 20.6. The standard InChI is InChI=1S/C12H14F3NO/c1-17-11-5-4-8(10-3-2-6-16-10)7-9(11)12(13,14)15/h4-5,7,10,16H,2-3,6H2,1H3/t10-/m1/s1. The van der Waals surface area contributed by atoms with Gasteiger partial charge in [-0.2, -0.15) is 13.2 Å². The summed E-state index contributed by atoms with van der Waals surface area (Å²) in [6.45, 7) is 0.859. The maximum atomic E-state index is 12.8. The van der Waals surface area contributed by atoms with E-state index in [2.05, 4.69) is 5.32 Å². The molecule has 0 unspecified atom stereocenters. The largest absolute Gasteiger partial charge is 0.496 e. The van der Waals surface area contributed by atoms with Crippen molar-refractivity contribution in [3.8, 4) is 5.75 Å². The Morgan fingerprint density at radius 3 is 2.65 bits per heavy atom. The minimum atomic E-state index is -4.38. The number of hydrogen-bond donors (Lipinski definition) is 1. The maximum absolute atomic E-state index is 12.8. The fourth-order valence-corrected chi connectivity index (χ4v) is 2.13. The third kappa shape index (κ3) is 2.54. The van der Waals surface area contributed by atoms with Crippen LogP contribution in [0.25, 0.3) is 0 Å². The van der Waals surface area contributed by atoms with Crippen molar-refractivity contribution in [1.82, 2.24) is 5.32 Å². The van der Waals surface area contributed by atoms with Gasteiger partial charge in [-0.3, -0.25) is 0 Å². The number of rotatable bonds is 2. The van der Waals surface area contributed by atoms with Gasteiger partial charge < -0.3 is 10.1 Å². The Morgan fingerprint density at radius 1 is 1.35 bits per heavy atom. The van der Waals surface area contributed by atoms with Gasteiger partial charge in [-0.25, -0.2) is 0 Å². The molecule has 94 valence electrons. The number of halogens is 3. The second-order valence-electron chi connectivity index (χ2n) is 4.11. The number of ether oxygens (including phenoxy) is 1. The number of benzene rings is 1. The summed E-state index contributed by atoms with van der Waals surface area (Å²) >= 11 is 0. The van der Waals surface area contributed by atoms with Crippen molar-refractivity contribution >= 4 is 0 Å². The molecule has 0 amide bonds. The van der Waals surface area contributed by atoms with Crippen molar-refractivity contribution in [3.63, 3.8) is 0 Å². The molecule has 17 heavy (non-hydrogen) atoms. The molecule has 1 aliphatic rings. The van der Waals surface area contributed by atoms with Crippen LogP contribution >= 0.6 is 0 Å². The highest BCUT2D eigenvalue weighted by Crippen LogP contribution is 2.38. The lowest BCUT2D eigenvalue weighted by Gasteiger charge is -2.16. The van der Waals surface area contributed by atoms with Gasteiger partial charge in [0.15, 0.2) is 0 Å². The Bertz CT molecular complexity index is 397. The van der Waals surface area contributed by atoms with Crippen molar-refractivity contribution in [2.45, 2.75) is 25.1 Å². The van der Waals surface area contributed by atoms with Crippen LogP contribution in [-0.2, 0) is 6.18 Å². The summed E-state index contributed by atoms with van der Waals surface area (Å²) in [4.78, 5) is 0. The zero-order valence-electron chi connectivity index (χ0n) is 9.47. The van der Waals surface area contributed by atoms with Gasteiger partial charge >= 0.3 is 6.18 Å². The molecule has 1 aromatic rings. The van der Waals surface area contributed by atoms with Gasteiger partial charge in [-0.1, -0.05) is 6.07 Å². The first-order valence-electron chi connectivity index (χ1n) is 5.51. The summed E-state index contributed by atoms with van der Waals surface area (Å²) < 4.78 is 43.2. The van der Waals surface area contributed by atoms with Gasteiger partial charge in [0.05, 0.1) is 12.7 Å². The molecule has 1 N–H and O–H groups in total. The summed E-state index contributed by atoms with van der Waals surface area (Å²) in [5.41, 5.74) is -0.0261. The zero-order chi connectivity index (χ0) is 12.5. The number of alkyl halides is 3. The molecule has 1 aromatic carbocycles. The van der Waals surface area contributed by atoms with E-state index in [9.17, 15) is 13.2 Å². The van der Waals surface area contributed by atoms with E-state index in [0.717, 1.165) is 19.4 Å². The molecule has 1 saturated heterocycles. The molecular formula is C12H14F3NO. The van der Waals surface area contributed by atoms with Gasteiger partial charge in [0.2, 0.25) is 0 Å². The first-order chi connectivity index (χ1) is 8.02. The van der Waals surface area contributed by atoms with Crippen molar-refractivity contribution < 1.29 is 17.9 Å². The molecule has 1 heterocycles. The summed E-state index contributed by atoms with van der Waals surface area (Å²) in [5, 5.41) is 3.18. The lowest BCUT2D eigenvalue weighted by molar-refractivity contribution is -0.138. The highest BCUT2D eigenvalue weighted by atomic mass is 19.4. The fraction of sp³-hybridized carbons (Fsp3) is 0.500. The lowest BCUT2D eigenvalue weighted by Crippen LogP contribution is -2.15. The SMILES string of the molecule is COc1ccc([C@H]2CCCN2)cc1C(F)(F)F. The molecule has 1 atom stereocenters. The third-order valence-corrected chi connectivity index (χ3v) is 2.99. The Labute approximate surface area is 97.8 Å². The fourth-order valence-electron chi connectivity index (χ4n) is 2.13. The van der Waals surface area contributed by atoms with Crippen LogP contribution in [0.4, 0.5) is 13.2 Å². The molecule has 0 bridgehead atoms. The van der Waals surface area contributed by atoms with Crippen LogP contribution in [-0.4, -0.2) is 13.7 Å². The van der Waals surface area contributed by atoms with Crippen LogP contribution in [0.2, 0.25) is 0 Å². The Morgan fingerprint density at radius 2 is 2.12 bits per heavy atom. The second kappa shape index (κ2) is 4.56. The monoisotopic (exact) mass is 245 g/mol. The summed E-state index contributed by atoms with van der Waals surface area (Å²) in [6, 6.07) is 4.29. The zero-order valence-corrected chi connectivity index (χ0v) is 9.47. The summed E-state index contributed by atoms with van der Waals surface area (Å²) in [5.74, 6) is -0.126. The summed E-state index contributed by atoms with van der Waals surface area (Å²) in [6.07, 6.45) is -2.50. The number of nitrogens with one attached hydrogen (secondary N) is 1. The molecule has 1 fully saturated rings. The van der Waals surface area contributed by atoms with E-state index in [1.807, 2.05) is 0 Å². The van der Waals surface area contributed by atoms with Gasteiger partial charge in [-0.05, 0) is 37.1 Å². The van der Waals surface area contributed by atoms with E-state index in [1.165, 1.54) is 19.2 Å². The average molecular weight is 245 g/mol. The topological polar surface area (TPSA) is 21.3 Å². The Balaban J connectivity index is 2.37. The van der Waals surface area contributed by atoms with Crippen molar-refractivity contribution in [1.29, 1.82) is 0 Å². The minimum Gasteiger partial charge on any atom is -0.496 e. The maximum Gasteiger partial charge on any atom is 0.419 e. The van der Waals surface area contributed by atoms with Crippen LogP contribution < -0.4 is 10.1 Å². The van der Waals surface area contributed by atoms with E-state index >= 15 is 0 Å².